The number of rotatable bonds is 2. The van der Waals surface area contributed by atoms with Gasteiger partial charge in [-0.2, -0.15) is 5.10 Å². The molecule has 0 atom stereocenters. The molecule has 2 aromatic carbocycles. The summed E-state index contributed by atoms with van der Waals surface area (Å²) in [5.41, 5.74) is 6.54. The van der Waals surface area contributed by atoms with Gasteiger partial charge in [-0.1, -0.05) is 36.4 Å². The van der Waals surface area contributed by atoms with Gasteiger partial charge in [0.15, 0.2) is 5.11 Å². The summed E-state index contributed by atoms with van der Waals surface area (Å²) in [6.45, 7) is 0. The predicted octanol–water partition coefficient (Wildman–Crippen LogP) is 3.46. The van der Waals surface area contributed by atoms with E-state index in [0.717, 1.165) is 24.1 Å². The van der Waals surface area contributed by atoms with Crippen molar-refractivity contribution in [3.8, 4) is 0 Å². The molecule has 0 bridgehead atoms. The highest BCUT2D eigenvalue weighted by atomic mass is 32.1. The van der Waals surface area contributed by atoms with Crippen LogP contribution in [0.4, 0.5) is 10.1 Å². The summed E-state index contributed by atoms with van der Waals surface area (Å²) in [5, 5.41) is 7.40. The molecule has 3 rings (SSSR count). The summed E-state index contributed by atoms with van der Waals surface area (Å²) in [7, 11) is 0. The van der Waals surface area contributed by atoms with Crippen molar-refractivity contribution in [1.29, 1.82) is 0 Å². The van der Waals surface area contributed by atoms with Gasteiger partial charge in [-0.25, -0.2) is 4.39 Å². The maximum absolute atomic E-state index is 13.5. The third kappa shape index (κ3) is 3.08. The van der Waals surface area contributed by atoms with Gasteiger partial charge in [-0.05, 0) is 42.8 Å². The highest BCUT2D eigenvalue weighted by Crippen LogP contribution is 2.21. The molecular weight excluding hydrogens is 285 g/mol. The summed E-state index contributed by atoms with van der Waals surface area (Å²) < 4.78 is 13.5. The fourth-order valence-corrected chi connectivity index (χ4v) is 2.51. The molecule has 0 radical (unpaired) electrons. The molecule has 0 fully saturated rings. The van der Waals surface area contributed by atoms with Crippen LogP contribution in [-0.4, -0.2) is 10.8 Å². The average Bonchev–Trinajstić information content (AvgIpc) is 2.91. The Morgan fingerprint density at radius 2 is 1.81 bits per heavy atom. The highest BCUT2D eigenvalue weighted by Gasteiger charge is 2.16. The van der Waals surface area contributed by atoms with Crippen molar-refractivity contribution in [2.45, 2.75) is 12.8 Å². The second-order valence-electron chi connectivity index (χ2n) is 4.76. The van der Waals surface area contributed by atoms with Crippen LogP contribution in [0.25, 0.3) is 0 Å². The van der Waals surface area contributed by atoms with E-state index in [1.165, 1.54) is 11.6 Å². The maximum Gasteiger partial charge on any atom is 0.191 e. The Balaban J connectivity index is 1.67. The van der Waals surface area contributed by atoms with Crippen molar-refractivity contribution in [3.05, 3.63) is 65.5 Å². The Kier molecular flexibility index (Phi) is 3.92. The molecule has 2 aromatic rings. The van der Waals surface area contributed by atoms with Crippen LogP contribution < -0.4 is 10.7 Å². The smallest absolute Gasteiger partial charge is 0.191 e. The number of halogens is 1. The first-order chi connectivity index (χ1) is 10.2. The molecule has 0 unspecified atom stereocenters. The molecule has 0 aromatic heterocycles. The van der Waals surface area contributed by atoms with E-state index in [9.17, 15) is 4.39 Å². The number of para-hydroxylation sites is 1. The molecule has 0 spiro atoms. The Bertz CT molecular complexity index is 712. The van der Waals surface area contributed by atoms with Gasteiger partial charge in [-0.3, -0.25) is 5.43 Å². The zero-order valence-electron chi connectivity index (χ0n) is 11.3. The van der Waals surface area contributed by atoms with E-state index in [2.05, 4.69) is 28.0 Å². The normalized spacial score (nSPS) is 14.8. The van der Waals surface area contributed by atoms with Gasteiger partial charge in [0, 0.05) is 5.56 Å². The van der Waals surface area contributed by atoms with Crippen molar-refractivity contribution in [3.63, 3.8) is 0 Å². The lowest BCUT2D eigenvalue weighted by atomic mass is 10.1. The number of nitrogens with zero attached hydrogens (tertiary/aromatic N) is 1. The van der Waals surface area contributed by atoms with Crippen LogP contribution in [0.1, 0.15) is 17.5 Å². The number of hydrogen-bond acceptors (Lipinski definition) is 2. The first-order valence-electron chi connectivity index (χ1n) is 6.70. The number of thiocarbonyl (C=S) groups is 1. The number of nitrogens with one attached hydrogen (secondary N) is 2. The van der Waals surface area contributed by atoms with Crippen molar-refractivity contribution < 1.29 is 4.39 Å². The Morgan fingerprint density at radius 3 is 2.67 bits per heavy atom. The topological polar surface area (TPSA) is 36.4 Å². The molecule has 0 heterocycles. The number of anilines is 1. The lowest BCUT2D eigenvalue weighted by Crippen LogP contribution is -2.25. The van der Waals surface area contributed by atoms with Gasteiger partial charge in [0.05, 0.1) is 11.4 Å². The third-order valence-corrected chi connectivity index (χ3v) is 3.57. The van der Waals surface area contributed by atoms with E-state index in [-0.39, 0.29) is 10.9 Å². The zero-order valence-corrected chi connectivity index (χ0v) is 12.1. The Morgan fingerprint density at radius 1 is 1.05 bits per heavy atom. The maximum atomic E-state index is 13.5. The predicted molar refractivity (Wildman–Crippen MR) is 87.1 cm³/mol. The first-order valence-corrected chi connectivity index (χ1v) is 7.11. The van der Waals surface area contributed by atoms with E-state index in [1.54, 1.807) is 18.2 Å². The average molecular weight is 299 g/mol. The van der Waals surface area contributed by atoms with Crippen molar-refractivity contribution in [1.82, 2.24) is 5.43 Å². The van der Waals surface area contributed by atoms with E-state index < -0.39 is 0 Å². The van der Waals surface area contributed by atoms with Crippen molar-refractivity contribution in [2.75, 3.05) is 5.32 Å². The Labute approximate surface area is 127 Å². The summed E-state index contributed by atoms with van der Waals surface area (Å²) in [4.78, 5) is 0. The molecule has 0 aliphatic heterocycles. The standard InChI is InChI=1S/C16H14FN3S/c17-13-7-3-4-8-15(13)18-16(21)20-19-14-10-9-11-5-1-2-6-12(11)14/h1-8H,9-10H2,(H2,18,20,21). The monoisotopic (exact) mass is 299 g/mol. The van der Waals surface area contributed by atoms with Gasteiger partial charge in [-0.15, -0.1) is 0 Å². The lowest BCUT2D eigenvalue weighted by Gasteiger charge is -2.08. The number of aryl methyl sites for hydroxylation is 1. The van der Waals surface area contributed by atoms with Gasteiger partial charge >= 0.3 is 0 Å². The van der Waals surface area contributed by atoms with Crippen LogP contribution >= 0.6 is 12.2 Å². The second-order valence-corrected chi connectivity index (χ2v) is 5.17. The molecule has 3 nitrogen and oxygen atoms in total. The molecular formula is C16H14FN3S. The lowest BCUT2D eigenvalue weighted by molar-refractivity contribution is 0.632. The number of hydrazone groups is 1. The zero-order chi connectivity index (χ0) is 14.7. The number of hydrogen-bond donors (Lipinski definition) is 2. The highest BCUT2D eigenvalue weighted by molar-refractivity contribution is 7.80. The fourth-order valence-electron chi connectivity index (χ4n) is 2.35. The minimum Gasteiger partial charge on any atom is -0.329 e. The summed E-state index contributed by atoms with van der Waals surface area (Å²) in [6, 6.07) is 14.6. The van der Waals surface area contributed by atoms with E-state index >= 15 is 0 Å². The quantitative estimate of drug-likeness (QED) is 0.658. The van der Waals surface area contributed by atoms with Crippen LogP contribution in [0.2, 0.25) is 0 Å². The van der Waals surface area contributed by atoms with Crippen LogP contribution in [0.5, 0.6) is 0 Å². The van der Waals surface area contributed by atoms with Crippen LogP contribution in [0.15, 0.2) is 53.6 Å². The van der Waals surface area contributed by atoms with E-state index in [1.807, 2.05) is 12.1 Å². The molecule has 0 saturated carbocycles. The molecule has 0 saturated heterocycles. The van der Waals surface area contributed by atoms with Crippen molar-refractivity contribution in [2.24, 2.45) is 5.10 Å². The van der Waals surface area contributed by atoms with Crippen molar-refractivity contribution >= 4 is 28.7 Å². The number of benzene rings is 2. The van der Waals surface area contributed by atoms with Crippen LogP contribution in [0.3, 0.4) is 0 Å². The van der Waals surface area contributed by atoms with E-state index in [4.69, 9.17) is 12.2 Å². The largest absolute Gasteiger partial charge is 0.329 e. The summed E-state index contributed by atoms with van der Waals surface area (Å²) in [6.07, 6.45) is 1.87. The van der Waals surface area contributed by atoms with Gasteiger partial charge in [0.2, 0.25) is 0 Å². The minimum atomic E-state index is -0.347. The van der Waals surface area contributed by atoms with Gasteiger partial charge < -0.3 is 5.32 Å². The Hall–Kier alpha value is -2.27. The molecule has 106 valence electrons. The molecule has 21 heavy (non-hydrogen) atoms. The fraction of sp³-hybridized carbons (Fsp3) is 0.125. The third-order valence-electron chi connectivity index (χ3n) is 3.37. The molecule has 1 aliphatic carbocycles. The molecule has 5 heteroatoms. The summed E-state index contributed by atoms with van der Waals surface area (Å²) >= 11 is 5.13. The minimum absolute atomic E-state index is 0.275. The molecule has 0 amide bonds. The van der Waals surface area contributed by atoms with Gasteiger partial charge in [0.25, 0.3) is 0 Å². The van der Waals surface area contributed by atoms with Crippen LogP contribution in [0, 0.1) is 5.82 Å². The SMILES string of the molecule is Fc1ccccc1NC(=S)NN=C1CCc2ccccc21. The number of fused-ring (bicyclic) bond motifs is 1. The van der Waals surface area contributed by atoms with Crippen LogP contribution in [-0.2, 0) is 6.42 Å². The second kappa shape index (κ2) is 6.01. The van der Waals surface area contributed by atoms with E-state index in [0.29, 0.717) is 5.69 Å². The van der Waals surface area contributed by atoms with Gasteiger partial charge in [0.1, 0.15) is 5.82 Å². The first kappa shape index (κ1) is 13.7. The summed E-state index contributed by atoms with van der Waals surface area (Å²) in [5.74, 6) is -0.347. The molecule has 1 aliphatic rings. The molecule has 2 N–H and O–H groups in total.